The zero-order valence-electron chi connectivity index (χ0n) is 14.3. The van der Waals surface area contributed by atoms with Gasteiger partial charge < -0.3 is 16.0 Å². The quantitative estimate of drug-likeness (QED) is 0.756. The molecule has 6 nitrogen and oxygen atoms in total. The second kappa shape index (κ2) is 8.63. The van der Waals surface area contributed by atoms with Gasteiger partial charge in [-0.3, -0.25) is 14.4 Å². The minimum atomic E-state index is -0.308. The Kier molecular flexibility index (Phi) is 6.28. The Bertz CT molecular complexity index is 770. The van der Waals surface area contributed by atoms with Crippen molar-refractivity contribution in [2.45, 2.75) is 20.3 Å². The number of amides is 3. The van der Waals surface area contributed by atoms with E-state index >= 15 is 0 Å². The Morgan fingerprint density at radius 1 is 0.840 bits per heavy atom. The van der Waals surface area contributed by atoms with Gasteiger partial charge in [-0.1, -0.05) is 13.0 Å². The summed E-state index contributed by atoms with van der Waals surface area (Å²) in [7, 11) is 0. The molecule has 6 heteroatoms. The third-order valence-electron chi connectivity index (χ3n) is 3.39. The van der Waals surface area contributed by atoms with Crippen LogP contribution >= 0.6 is 0 Å². The van der Waals surface area contributed by atoms with Crippen molar-refractivity contribution in [3.05, 3.63) is 59.7 Å². The van der Waals surface area contributed by atoms with Crippen molar-refractivity contribution in [1.29, 1.82) is 0 Å². The molecule has 0 aliphatic heterocycles. The van der Waals surface area contributed by atoms with Gasteiger partial charge in [0, 0.05) is 36.0 Å². The molecular weight excluding hydrogens is 318 g/mol. The smallest absolute Gasteiger partial charge is 0.255 e. The lowest BCUT2D eigenvalue weighted by atomic mass is 10.1. The van der Waals surface area contributed by atoms with Gasteiger partial charge in [-0.05, 0) is 48.9 Å². The van der Waals surface area contributed by atoms with E-state index in [0.29, 0.717) is 29.0 Å². The molecule has 0 aliphatic rings. The summed E-state index contributed by atoms with van der Waals surface area (Å²) in [6, 6.07) is 13.3. The van der Waals surface area contributed by atoms with Gasteiger partial charge in [0.05, 0.1) is 0 Å². The number of hydrogen-bond donors (Lipinski definition) is 3. The molecule has 0 saturated carbocycles. The molecule has 25 heavy (non-hydrogen) atoms. The largest absolute Gasteiger partial charge is 0.352 e. The zero-order chi connectivity index (χ0) is 18.2. The van der Waals surface area contributed by atoms with Crippen molar-refractivity contribution in [2.24, 2.45) is 0 Å². The first-order chi connectivity index (χ1) is 12.0. The minimum absolute atomic E-state index is 0.157. The van der Waals surface area contributed by atoms with Crippen molar-refractivity contribution in [1.82, 2.24) is 5.32 Å². The van der Waals surface area contributed by atoms with E-state index in [1.807, 2.05) is 6.92 Å². The summed E-state index contributed by atoms with van der Waals surface area (Å²) in [5, 5.41) is 8.20. The van der Waals surface area contributed by atoms with E-state index in [1.165, 1.54) is 6.92 Å². The summed E-state index contributed by atoms with van der Waals surface area (Å²) < 4.78 is 0. The molecule has 0 heterocycles. The van der Waals surface area contributed by atoms with Crippen LogP contribution < -0.4 is 16.0 Å². The molecule has 2 aromatic carbocycles. The molecule has 2 rings (SSSR count). The first-order valence-corrected chi connectivity index (χ1v) is 8.07. The molecule has 130 valence electrons. The molecule has 0 unspecified atom stereocenters. The van der Waals surface area contributed by atoms with E-state index in [1.54, 1.807) is 48.5 Å². The predicted molar refractivity (Wildman–Crippen MR) is 97.8 cm³/mol. The summed E-state index contributed by atoms with van der Waals surface area (Å²) in [6.45, 7) is 4.00. The second-order valence-electron chi connectivity index (χ2n) is 5.55. The fraction of sp³-hybridized carbons (Fsp3) is 0.211. The maximum absolute atomic E-state index is 12.4. The monoisotopic (exact) mass is 339 g/mol. The molecule has 3 N–H and O–H groups in total. The molecule has 0 bridgehead atoms. The second-order valence-corrected chi connectivity index (χ2v) is 5.55. The maximum Gasteiger partial charge on any atom is 0.255 e. The first kappa shape index (κ1) is 18.2. The van der Waals surface area contributed by atoms with E-state index in [9.17, 15) is 14.4 Å². The molecule has 0 atom stereocenters. The number of hydrogen-bond acceptors (Lipinski definition) is 3. The molecule has 0 aliphatic carbocycles. The predicted octanol–water partition coefficient (Wildman–Crippen LogP) is 3.04. The Balaban J connectivity index is 2.05. The molecule has 0 saturated heterocycles. The van der Waals surface area contributed by atoms with Crippen molar-refractivity contribution in [2.75, 3.05) is 17.2 Å². The highest BCUT2D eigenvalue weighted by Crippen LogP contribution is 2.15. The third kappa shape index (κ3) is 5.46. The summed E-state index contributed by atoms with van der Waals surface area (Å²) in [5.41, 5.74) is 2.09. The van der Waals surface area contributed by atoms with E-state index in [0.717, 1.165) is 6.42 Å². The minimum Gasteiger partial charge on any atom is -0.352 e. The molecule has 2 aromatic rings. The number of carbonyl (C=O) groups excluding carboxylic acids is 3. The zero-order valence-corrected chi connectivity index (χ0v) is 14.3. The fourth-order valence-corrected chi connectivity index (χ4v) is 2.19. The average Bonchev–Trinajstić information content (AvgIpc) is 2.61. The standard InChI is InChI=1S/C19H21N3O3/c1-3-11-20-18(24)14-5-4-6-15(12-14)19(25)22-17-9-7-16(8-10-17)21-13(2)23/h4-10,12H,3,11H2,1-2H3,(H,20,24)(H,21,23)(H,22,25). The maximum atomic E-state index is 12.4. The van der Waals surface area contributed by atoms with Crippen molar-refractivity contribution in [3.8, 4) is 0 Å². The lowest BCUT2D eigenvalue weighted by Gasteiger charge is -2.08. The number of benzene rings is 2. The van der Waals surface area contributed by atoms with Gasteiger partial charge in [-0.2, -0.15) is 0 Å². The highest BCUT2D eigenvalue weighted by atomic mass is 16.2. The lowest BCUT2D eigenvalue weighted by molar-refractivity contribution is -0.114. The highest BCUT2D eigenvalue weighted by Gasteiger charge is 2.10. The van der Waals surface area contributed by atoms with Gasteiger partial charge in [0.1, 0.15) is 0 Å². The topological polar surface area (TPSA) is 87.3 Å². The Morgan fingerprint density at radius 3 is 1.96 bits per heavy atom. The van der Waals surface area contributed by atoms with Crippen LogP contribution in [0.1, 0.15) is 41.0 Å². The van der Waals surface area contributed by atoms with E-state index in [2.05, 4.69) is 16.0 Å². The van der Waals surface area contributed by atoms with Crippen LogP contribution in [0.2, 0.25) is 0 Å². The Hall–Kier alpha value is -3.15. The number of nitrogens with one attached hydrogen (secondary N) is 3. The lowest BCUT2D eigenvalue weighted by Crippen LogP contribution is -2.24. The summed E-state index contributed by atoms with van der Waals surface area (Å²) in [6.07, 6.45) is 0.848. The van der Waals surface area contributed by atoms with Crippen LogP contribution in [0.4, 0.5) is 11.4 Å². The third-order valence-corrected chi connectivity index (χ3v) is 3.39. The van der Waals surface area contributed by atoms with Gasteiger partial charge in [-0.15, -0.1) is 0 Å². The highest BCUT2D eigenvalue weighted by molar-refractivity contribution is 6.06. The summed E-state index contributed by atoms with van der Waals surface area (Å²) >= 11 is 0. The van der Waals surface area contributed by atoms with Crippen LogP contribution in [0.25, 0.3) is 0 Å². The van der Waals surface area contributed by atoms with Gasteiger partial charge in [0.25, 0.3) is 11.8 Å². The van der Waals surface area contributed by atoms with Crippen molar-refractivity contribution in [3.63, 3.8) is 0 Å². The van der Waals surface area contributed by atoms with Crippen molar-refractivity contribution >= 4 is 29.1 Å². The van der Waals surface area contributed by atoms with Crippen LogP contribution in [0, 0.1) is 0 Å². The van der Waals surface area contributed by atoms with Gasteiger partial charge >= 0.3 is 0 Å². The number of carbonyl (C=O) groups is 3. The Labute approximate surface area is 146 Å². The van der Waals surface area contributed by atoms with Crippen LogP contribution in [0.3, 0.4) is 0 Å². The summed E-state index contributed by atoms with van der Waals surface area (Å²) in [4.78, 5) is 35.3. The fourth-order valence-electron chi connectivity index (χ4n) is 2.19. The van der Waals surface area contributed by atoms with Crippen LogP contribution in [0.15, 0.2) is 48.5 Å². The molecule has 0 radical (unpaired) electrons. The number of anilines is 2. The summed E-state index contributed by atoms with van der Waals surface area (Å²) in [5.74, 6) is -0.663. The van der Waals surface area contributed by atoms with Crippen LogP contribution in [0.5, 0.6) is 0 Å². The molecule has 0 fully saturated rings. The number of rotatable bonds is 6. The van der Waals surface area contributed by atoms with Gasteiger partial charge in [-0.25, -0.2) is 0 Å². The normalized spacial score (nSPS) is 10.0. The molecular formula is C19H21N3O3. The van der Waals surface area contributed by atoms with E-state index in [4.69, 9.17) is 0 Å². The average molecular weight is 339 g/mol. The first-order valence-electron chi connectivity index (χ1n) is 8.07. The van der Waals surface area contributed by atoms with Crippen molar-refractivity contribution < 1.29 is 14.4 Å². The van der Waals surface area contributed by atoms with Crippen LogP contribution in [-0.4, -0.2) is 24.3 Å². The Morgan fingerprint density at radius 2 is 1.40 bits per heavy atom. The molecule has 3 amide bonds. The van der Waals surface area contributed by atoms with Gasteiger partial charge in [0.2, 0.25) is 5.91 Å². The SMILES string of the molecule is CCCNC(=O)c1cccc(C(=O)Nc2ccc(NC(C)=O)cc2)c1. The van der Waals surface area contributed by atoms with E-state index < -0.39 is 0 Å². The molecule has 0 spiro atoms. The molecule has 0 aromatic heterocycles. The van der Waals surface area contributed by atoms with Gasteiger partial charge in [0.15, 0.2) is 0 Å². The van der Waals surface area contributed by atoms with E-state index in [-0.39, 0.29) is 17.7 Å². The van der Waals surface area contributed by atoms with Crippen LogP contribution in [-0.2, 0) is 4.79 Å².